The summed E-state index contributed by atoms with van der Waals surface area (Å²) < 4.78 is 13.0. The Labute approximate surface area is 89.8 Å². The van der Waals surface area contributed by atoms with Crippen molar-refractivity contribution in [3.63, 3.8) is 0 Å². The van der Waals surface area contributed by atoms with Crippen LogP contribution in [0.15, 0.2) is 22.7 Å². The maximum atomic E-state index is 12.7. The number of carbonyl (C=O) groups excluding carboxylic acids is 1. The van der Waals surface area contributed by atoms with Gasteiger partial charge in [0.05, 0.1) is 11.0 Å². The third-order valence-electron chi connectivity index (χ3n) is 1.43. The van der Waals surface area contributed by atoms with E-state index < -0.39 is 0 Å². The summed E-state index contributed by atoms with van der Waals surface area (Å²) in [6.45, 7) is -0.0575. The topological polar surface area (TPSA) is 43.1 Å². The summed E-state index contributed by atoms with van der Waals surface area (Å²) in [5, 5.41) is 0. The smallest absolute Gasteiger partial charge is 0.176 e. The van der Waals surface area contributed by atoms with Crippen LogP contribution in [0, 0.1) is 5.82 Å². The van der Waals surface area contributed by atoms with Crippen molar-refractivity contribution in [1.82, 2.24) is 0 Å². The second kappa shape index (κ2) is 5.32. The van der Waals surface area contributed by atoms with E-state index >= 15 is 0 Å². The number of nitrogens with two attached hydrogens (primary N) is 1. The van der Waals surface area contributed by atoms with Crippen molar-refractivity contribution in [2.75, 3.05) is 6.54 Å². The van der Waals surface area contributed by atoms with E-state index in [4.69, 9.17) is 5.73 Å². The van der Waals surface area contributed by atoms with Gasteiger partial charge in [-0.25, -0.2) is 4.39 Å². The Morgan fingerprint density at radius 3 is 2.62 bits per heavy atom. The highest BCUT2D eigenvalue weighted by molar-refractivity contribution is 9.10. The van der Waals surface area contributed by atoms with Gasteiger partial charge in [-0.15, -0.1) is 12.4 Å². The highest BCUT2D eigenvalue weighted by Crippen LogP contribution is 2.16. The lowest BCUT2D eigenvalue weighted by Gasteiger charge is -1.98. The molecule has 13 heavy (non-hydrogen) atoms. The van der Waals surface area contributed by atoms with E-state index in [1.165, 1.54) is 18.2 Å². The van der Waals surface area contributed by atoms with Crippen molar-refractivity contribution in [3.8, 4) is 0 Å². The lowest BCUT2D eigenvalue weighted by molar-refractivity contribution is 0.100. The number of carbonyl (C=O) groups is 1. The van der Waals surface area contributed by atoms with Gasteiger partial charge < -0.3 is 5.73 Å². The first kappa shape index (κ1) is 12.6. The van der Waals surface area contributed by atoms with Crippen LogP contribution in [0.25, 0.3) is 0 Å². The second-order valence-electron chi connectivity index (χ2n) is 2.26. The van der Waals surface area contributed by atoms with Crippen molar-refractivity contribution in [2.24, 2.45) is 5.73 Å². The molecule has 0 saturated carbocycles. The van der Waals surface area contributed by atoms with Crippen molar-refractivity contribution in [1.29, 1.82) is 0 Å². The predicted octanol–water partition coefficient (Wildman–Crippen LogP) is 2.15. The Balaban J connectivity index is 0.00000144. The molecule has 0 aliphatic rings. The number of ketones is 1. The van der Waals surface area contributed by atoms with Gasteiger partial charge in [-0.1, -0.05) is 0 Å². The number of benzene rings is 1. The number of Topliss-reactive ketones (excluding diaryl/α,β-unsaturated/α-hetero) is 1. The normalized spacial score (nSPS) is 9.15. The van der Waals surface area contributed by atoms with Crippen molar-refractivity contribution >= 4 is 34.1 Å². The Kier molecular flexibility index (Phi) is 5.13. The highest BCUT2D eigenvalue weighted by atomic mass is 79.9. The molecule has 0 spiro atoms. The fourth-order valence-electron chi connectivity index (χ4n) is 0.787. The average molecular weight is 269 g/mol. The minimum Gasteiger partial charge on any atom is -0.324 e. The molecule has 1 aromatic carbocycles. The summed E-state index contributed by atoms with van der Waals surface area (Å²) in [7, 11) is 0. The largest absolute Gasteiger partial charge is 0.324 e. The molecule has 2 nitrogen and oxygen atoms in total. The molecule has 1 rings (SSSR count). The zero-order chi connectivity index (χ0) is 9.14. The van der Waals surface area contributed by atoms with Gasteiger partial charge in [0.25, 0.3) is 0 Å². The van der Waals surface area contributed by atoms with Crippen molar-refractivity contribution in [2.45, 2.75) is 0 Å². The molecule has 0 unspecified atom stereocenters. The molecular weight excluding hydrogens is 260 g/mol. The number of hydrogen-bond acceptors (Lipinski definition) is 2. The summed E-state index contributed by atoms with van der Waals surface area (Å²) in [6, 6.07) is 4.06. The summed E-state index contributed by atoms with van der Waals surface area (Å²) in [5.74, 6) is -0.584. The third kappa shape index (κ3) is 3.06. The summed E-state index contributed by atoms with van der Waals surface area (Å²) in [4.78, 5) is 11.0. The number of hydrogen-bond donors (Lipinski definition) is 1. The van der Waals surface area contributed by atoms with Gasteiger partial charge >= 0.3 is 0 Å². The van der Waals surface area contributed by atoms with Gasteiger partial charge in [0, 0.05) is 5.56 Å². The van der Waals surface area contributed by atoms with Gasteiger partial charge in [-0.3, -0.25) is 4.79 Å². The standard InChI is InChI=1S/C8H7BrFNO.ClH/c9-6-3-5(8(12)4-11)1-2-7(6)10;/h1-3H,4,11H2;1H. The molecule has 0 aliphatic carbocycles. The van der Waals surface area contributed by atoms with Crippen LogP contribution in [0.4, 0.5) is 4.39 Å². The van der Waals surface area contributed by atoms with Crippen LogP contribution < -0.4 is 5.73 Å². The van der Waals surface area contributed by atoms with Crippen LogP contribution in [0.3, 0.4) is 0 Å². The van der Waals surface area contributed by atoms with E-state index in [-0.39, 0.29) is 35.0 Å². The van der Waals surface area contributed by atoms with Crippen LogP contribution in [0.5, 0.6) is 0 Å². The molecule has 0 heterocycles. The van der Waals surface area contributed by atoms with E-state index in [2.05, 4.69) is 15.9 Å². The lowest BCUT2D eigenvalue weighted by Crippen LogP contribution is -2.13. The van der Waals surface area contributed by atoms with Crippen molar-refractivity contribution < 1.29 is 9.18 Å². The molecule has 0 amide bonds. The monoisotopic (exact) mass is 267 g/mol. The molecular formula is C8H8BrClFNO. The Bertz CT molecular complexity index is 319. The summed E-state index contributed by atoms with van der Waals surface area (Å²) >= 11 is 2.98. The maximum Gasteiger partial charge on any atom is 0.176 e. The van der Waals surface area contributed by atoms with E-state index in [0.29, 0.717) is 5.56 Å². The molecule has 0 fully saturated rings. The van der Waals surface area contributed by atoms with Gasteiger partial charge in [-0.2, -0.15) is 0 Å². The third-order valence-corrected chi connectivity index (χ3v) is 2.03. The van der Waals surface area contributed by atoms with Gasteiger partial charge in [0.15, 0.2) is 5.78 Å². The SMILES string of the molecule is Cl.NCC(=O)c1ccc(F)c(Br)c1. The quantitative estimate of drug-likeness (QED) is 0.835. The average Bonchev–Trinajstić information content (AvgIpc) is 2.08. The minimum atomic E-state index is -0.386. The molecule has 1 aromatic rings. The number of halogens is 3. The zero-order valence-electron chi connectivity index (χ0n) is 6.59. The first-order chi connectivity index (χ1) is 5.65. The molecule has 2 N–H and O–H groups in total. The molecule has 0 aromatic heterocycles. The molecule has 0 bridgehead atoms. The van der Waals surface area contributed by atoms with Crippen LogP contribution >= 0.6 is 28.3 Å². The molecule has 0 atom stereocenters. The van der Waals surface area contributed by atoms with Crippen LogP contribution in [0.2, 0.25) is 0 Å². The van der Waals surface area contributed by atoms with Crippen LogP contribution in [0.1, 0.15) is 10.4 Å². The fraction of sp³-hybridized carbons (Fsp3) is 0.125. The fourth-order valence-corrected chi connectivity index (χ4v) is 1.17. The Hall–Kier alpha value is -0.450. The highest BCUT2D eigenvalue weighted by Gasteiger charge is 2.05. The van der Waals surface area contributed by atoms with E-state index in [9.17, 15) is 9.18 Å². The number of rotatable bonds is 2. The molecule has 5 heteroatoms. The summed E-state index contributed by atoms with van der Waals surface area (Å²) in [6.07, 6.45) is 0. The van der Waals surface area contributed by atoms with E-state index in [0.717, 1.165) is 0 Å². The van der Waals surface area contributed by atoms with Gasteiger partial charge in [0.1, 0.15) is 5.82 Å². The van der Waals surface area contributed by atoms with E-state index in [1.807, 2.05) is 0 Å². The predicted molar refractivity (Wildman–Crippen MR) is 54.7 cm³/mol. The molecule has 0 aliphatic heterocycles. The maximum absolute atomic E-state index is 12.7. The molecule has 72 valence electrons. The van der Waals surface area contributed by atoms with E-state index in [1.54, 1.807) is 0 Å². The Morgan fingerprint density at radius 2 is 2.15 bits per heavy atom. The minimum absolute atomic E-state index is 0. The van der Waals surface area contributed by atoms with Crippen LogP contribution in [-0.4, -0.2) is 12.3 Å². The van der Waals surface area contributed by atoms with Crippen molar-refractivity contribution in [3.05, 3.63) is 34.1 Å². The first-order valence-corrected chi connectivity index (χ1v) is 4.12. The van der Waals surface area contributed by atoms with Gasteiger partial charge in [0.2, 0.25) is 0 Å². The first-order valence-electron chi connectivity index (χ1n) is 3.33. The lowest BCUT2D eigenvalue weighted by atomic mass is 10.1. The zero-order valence-corrected chi connectivity index (χ0v) is 8.99. The Morgan fingerprint density at radius 1 is 1.54 bits per heavy atom. The molecule has 0 saturated heterocycles. The second-order valence-corrected chi connectivity index (χ2v) is 3.11. The molecule has 0 radical (unpaired) electrons. The summed E-state index contributed by atoms with van der Waals surface area (Å²) in [5.41, 5.74) is 5.56. The van der Waals surface area contributed by atoms with Gasteiger partial charge in [-0.05, 0) is 34.1 Å². The van der Waals surface area contributed by atoms with Crippen LogP contribution in [-0.2, 0) is 0 Å².